The van der Waals surface area contributed by atoms with Crippen LogP contribution in [0.2, 0.25) is 0 Å². The molecule has 5 heteroatoms. The first-order valence-electron chi connectivity index (χ1n) is 12.8. The molecule has 0 aliphatic carbocycles. The lowest BCUT2D eigenvalue weighted by Crippen LogP contribution is -3.00. The van der Waals surface area contributed by atoms with Crippen molar-refractivity contribution in [1.29, 1.82) is 0 Å². The Kier molecular flexibility index (Phi) is 10.3. The Morgan fingerprint density at radius 2 is 1.18 bits per heavy atom. The van der Waals surface area contributed by atoms with Crippen LogP contribution in [0, 0.1) is 5.92 Å². The van der Waals surface area contributed by atoms with Gasteiger partial charge in [-0.1, -0.05) is 91.9 Å². The van der Waals surface area contributed by atoms with E-state index in [1.54, 1.807) is 11.3 Å². The zero-order valence-electron chi connectivity index (χ0n) is 21.6. The minimum Gasteiger partial charge on any atom is -1.00 e. The number of ether oxygens (including phenoxy) is 1. The van der Waals surface area contributed by atoms with E-state index in [1.807, 2.05) is 6.07 Å². The molecule has 0 aliphatic heterocycles. The molecule has 0 spiro atoms. The summed E-state index contributed by atoms with van der Waals surface area (Å²) in [5.74, 6) is 0.416. The number of halogens is 1. The molecule has 0 saturated carbocycles. The molecule has 0 saturated heterocycles. The third-order valence-electron chi connectivity index (χ3n) is 6.63. The van der Waals surface area contributed by atoms with Crippen LogP contribution in [0.1, 0.15) is 23.2 Å². The quantitative estimate of drug-likeness (QED) is 0.229. The Hall–Kier alpha value is -2.81. The standard InChI is InChI=1S/C33H33NOPS.ClH/c1-27(23-35-24-28-14-6-2-7-15-28)22-33-34-29(26-37-33)25-36(30-16-8-3-9-17-30,31-18-10-4-11-19-31)32-20-12-5-13-21-32;/h2-21,26-27H,22-25H2,1H3;1H/q+1;/p-1/t27-;/m1./s1. The number of hydrogen-bond acceptors (Lipinski definition) is 3. The fourth-order valence-corrected chi connectivity index (χ4v) is 10.1. The summed E-state index contributed by atoms with van der Waals surface area (Å²) >= 11 is 1.79. The van der Waals surface area contributed by atoms with Gasteiger partial charge >= 0.3 is 0 Å². The van der Waals surface area contributed by atoms with Crippen LogP contribution in [0.5, 0.6) is 0 Å². The van der Waals surface area contributed by atoms with E-state index in [1.165, 1.54) is 32.2 Å². The minimum absolute atomic E-state index is 0. The second-order valence-corrected chi connectivity index (χ2v) is 13.9. The molecule has 1 aromatic heterocycles. The van der Waals surface area contributed by atoms with Crippen LogP contribution in [-0.2, 0) is 23.9 Å². The average molecular weight is 558 g/mol. The zero-order valence-corrected chi connectivity index (χ0v) is 24.1. The molecule has 38 heavy (non-hydrogen) atoms. The van der Waals surface area contributed by atoms with E-state index in [2.05, 4.69) is 128 Å². The van der Waals surface area contributed by atoms with Crippen molar-refractivity contribution in [2.24, 2.45) is 5.92 Å². The van der Waals surface area contributed by atoms with Gasteiger partial charge < -0.3 is 17.1 Å². The van der Waals surface area contributed by atoms with Crippen molar-refractivity contribution in [2.45, 2.75) is 26.1 Å². The lowest BCUT2D eigenvalue weighted by atomic mass is 10.1. The molecule has 0 aliphatic rings. The monoisotopic (exact) mass is 557 g/mol. The third-order valence-corrected chi connectivity index (χ3v) is 11.9. The molecule has 1 atom stereocenters. The topological polar surface area (TPSA) is 22.1 Å². The van der Waals surface area contributed by atoms with Crippen molar-refractivity contribution in [3.8, 4) is 0 Å². The summed E-state index contributed by atoms with van der Waals surface area (Å²) in [6.07, 6.45) is 1.85. The van der Waals surface area contributed by atoms with Crippen molar-refractivity contribution in [3.05, 3.63) is 143 Å². The van der Waals surface area contributed by atoms with Gasteiger partial charge in [-0.2, -0.15) is 0 Å². The van der Waals surface area contributed by atoms with Gasteiger partial charge in [0.05, 0.1) is 17.3 Å². The Morgan fingerprint density at radius 3 is 1.68 bits per heavy atom. The summed E-state index contributed by atoms with van der Waals surface area (Å²) in [6.45, 7) is 3.65. The third kappa shape index (κ3) is 6.79. The van der Waals surface area contributed by atoms with Gasteiger partial charge in [0, 0.05) is 18.4 Å². The predicted octanol–water partition coefficient (Wildman–Crippen LogP) is 4.04. The van der Waals surface area contributed by atoms with E-state index in [9.17, 15) is 0 Å². The summed E-state index contributed by atoms with van der Waals surface area (Å²) in [5, 5.41) is 7.65. The van der Waals surface area contributed by atoms with Crippen LogP contribution in [0.3, 0.4) is 0 Å². The van der Waals surface area contributed by atoms with E-state index >= 15 is 0 Å². The lowest BCUT2D eigenvalue weighted by Gasteiger charge is -2.27. The van der Waals surface area contributed by atoms with Crippen LogP contribution in [-0.4, -0.2) is 11.6 Å². The Morgan fingerprint density at radius 1 is 0.711 bits per heavy atom. The first-order valence-corrected chi connectivity index (χ1v) is 15.7. The van der Waals surface area contributed by atoms with Gasteiger partial charge in [-0.25, -0.2) is 4.98 Å². The van der Waals surface area contributed by atoms with E-state index in [0.29, 0.717) is 12.5 Å². The van der Waals surface area contributed by atoms with Gasteiger partial charge in [-0.15, -0.1) is 11.3 Å². The van der Waals surface area contributed by atoms with E-state index in [0.717, 1.165) is 19.2 Å². The molecule has 0 bridgehead atoms. The zero-order chi connectivity index (χ0) is 25.3. The molecule has 4 aromatic carbocycles. The van der Waals surface area contributed by atoms with Crippen LogP contribution < -0.4 is 28.3 Å². The summed E-state index contributed by atoms with van der Waals surface area (Å²) in [7, 11) is -1.93. The summed E-state index contributed by atoms with van der Waals surface area (Å²) in [5.41, 5.74) is 2.40. The van der Waals surface area contributed by atoms with Crippen LogP contribution in [0.4, 0.5) is 0 Å². The second-order valence-electron chi connectivity index (χ2n) is 9.52. The highest BCUT2D eigenvalue weighted by molar-refractivity contribution is 7.95. The molecule has 1 heterocycles. The van der Waals surface area contributed by atoms with Gasteiger partial charge in [-0.3, -0.25) is 0 Å². The molecule has 2 nitrogen and oxygen atoms in total. The first-order chi connectivity index (χ1) is 18.2. The predicted molar refractivity (Wildman–Crippen MR) is 160 cm³/mol. The molecular formula is C33H33ClNOPS. The summed E-state index contributed by atoms with van der Waals surface area (Å²) < 4.78 is 6.00. The SMILES string of the molecule is C[C@@H](COCc1ccccc1)Cc1nc(C[P+](c2ccccc2)(c2ccccc2)c2ccccc2)cs1.[Cl-]. The molecule has 0 fully saturated rings. The Labute approximate surface area is 237 Å². The minimum atomic E-state index is -1.93. The summed E-state index contributed by atoms with van der Waals surface area (Å²) in [6, 6.07) is 43.5. The van der Waals surface area contributed by atoms with E-state index < -0.39 is 7.26 Å². The van der Waals surface area contributed by atoms with Gasteiger partial charge in [0.1, 0.15) is 29.3 Å². The van der Waals surface area contributed by atoms with Crippen molar-refractivity contribution < 1.29 is 17.1 Å². The normalized spacial score (nSPS) is 12.0. The van der Waals surface area contributed by atoms with Gasteiger partial charge in [0.25, 0.3) is 0 Å². The lowest BCUT2D eigenvalue weighted by molar-refractivity contribution is -0.00000774. The van der Waals surface area contributed by atoms with Crippen molar-refractivity contribution in [1.82, 2.24) is 4.98 Å². The van der Waals surface area contributed by atoms with Crippen molar-refractivity contribution in [2.75, 3.05) is 6.61 Å². The molecule has 5 rings (SSSR count). The molecule has 0 radical (unpaired) electrons. The van der Waals surface area contributed by atoms with Crippen molar-refractivity contribution >= 4 is 34.5 Å². The average Bonchev–Trinajstić information content (AvgIpc) is 3.40. The molecular weight excluding hydrogens is 525 g/mol. The van der Waals surface area contributed by atoms with Gasteiger partial charge in [0.2, 0.25) is 0 Å². The summed E-state index contributed by atoms with van der Waals surface area (Å²) in [4.78, 5) is 5.17. The Bertz CT molecular complexity index is 1270. The maximum absolute atomic E-state index is 6.00. The van der Waals surface area contributed by atoms with Gasteiger partial charge in [-0.05, 0) is 47.9 Å². The first kappa shape index (κ1) is 28.2. The van der Waals surface area contributed by atoms with Crippen LogP contribution in [0.15, 0.2) is 127 Å². The smallest absolute Gasteiger partial charge is 0.118 e. The van der Waals surface area contributed by atoms with Crippen molar-refractivity contribution in [3.63, 3.8) is 0 Å². The van der Waals surface area contributed by atoms with Crippen LogP contribution in [0.25, 0.3) is 0 Å². The number of nitrogens with zero attached hydrogens (tertiary/aromatic N) is 1. The number of aromatic nitrogens is 1. The molecule has 5 aromatic rings. The van der Waals surface area contributed by atoms with E-state index in [4.69, 9.17) is 9.72 Å². The molecule has 0 N–H and O–H groups in total. The molecule has 0 amide bonds. The number of rotatable bonds is 11. The fraction of sp³-hybridized carbons (Fsp3) is 0.182. The Balaban J connectivity index is 0.00000336. The second kappa shape index (κ2) is 13.8. The highest BCUT2D eigenvalue weighted by Crippen LogP contribution is 2.58. The maximum Gasteiger partial charge on any atom is 0.118 e. The largest absolute Gasteiger partial charge is 1.00 e. The highest BCUT2D eigenvalue weighted by atomic mass is 35.5. The number of thiazole rings is 1. The maximum atomic E-state index is 6.00. The number of benzene rings is 4. The number of hydrogen-bond donors (Lipinski definition) is 0. The molecule has 194 valence electrons. The van der Waals surface area contributed by atoms with E-state index in [-0.39, 0.29) is 12.4 Å². The van der Waals surface area contributed by atoms with Crippen LogP contribution >= 0.6 is 18.6 Å². The highest BCUT2D eigenvalue weighted by Gasteiger charge is 2.46. The van der Waals surface area contributed by atoms with Gasteiger partial charge in [0.15, 0.2) is 0 Å². The molecule has 0 unspecified atom stereocenters. The fourth-order valence-electron chi connectivity index (χ4n) is 4.84.